The number of allylic oxidation sites excluding steroid dienone is 2. The third-order valence-electron chi connectivity index (χ3n) is 6.10. The molecule has 0 unspecified atom stereocenters. The van der Waals surface area contributed by atoms with Crippen LogP contribution >= 0.6 is 17.0 Å². The van der Waals surface area contributed by atoms with Gasteiger partial charge in [-0.25, -0.2) is 0 Å². The van der Waals surface area contributed by atoms with E-state index in [-0.39, 0.29) is 0 Å². The molecule has 2 aliphatic rings. The minimum absolute atomic E-state index is 0.750. The van der Waals surface area contributed by atoms with Crippen LogP contribution < -0.4 is 0 Å². The van der Waals surface area contributed by atoms with E-state index in [1.807, 2.05) is 24.3 Å². The molecule has 0 aliphatic heterocycles. The van der Waals surface area contributed by atoms with E-state index in [0.29, 0.717) is 0 Å². The van der Waals surface area contributed by atoms with Crippen molar-refractivity contribution in [3.8, 4) is 22.3 Å². The van der Waals surface area contributed by atoms with Crippen molar-refractivity contribution in [2.75, 3.05) is 0 Å². The molecule has 4 aromatic rings. The molecule has 6 rings (SSSR count). The fourth-order valence-electron chi connectivity index (χ4n) is 4.63. The molecule has 0 saturated heterocycles. The Morgan fingerprint density at radius 2 is 0.974 bits per heavy atom. The van der Waals surface area contributed by atoms with Gasteiger partial charge in [0.2, 0.25) is 0 Å². The first-order valence-electron chi connectivity index (χ1n) is 12.7. The monoisotopic (exact) mass is 629 g/mol. The zero-order valence-electron chi connectivity index (χ0n) is 22.5. The van der Waals surface area contributed by atoms with Crippen molar-refractivity contribution in [1.82, 2.24) is 0 Å². The van der Waals surface area contributed by atoms with E-state index in [0.717, 1.165) is 22.4 Å². The van der Waals surface area contributed by atoms with Gasteiger partial charge < -0.3 is 0 Å². The standard InChI is InChI=1S/2C16H13.C2H7Si.2ClH.Zr/c2*1-12-10-14-8-5-9-15(16(14)11-12)13-6-3-2-4-7-13;1-3-2;;;/h2*2-8,11H,10H2,1H3;3H,1-2H3;2*1H;/q2*-1;;;;+4/p-2. The van der Waals surface area contributed by atoms with Crippen molar-refractivity contribution in [1.29, 1.82) is 0 Å². The molecule has 0 N–H and O–H groups in total. The third kappa shape index (κ3) is 8.52. The third-order valence-corrected chi connectivity index (χ3v) is 6.10. The second-order valence-corrected chi connectivity index (χ2v) is 14.2. The van der Waals surface area contributed by atoms with Crippen LogP contribution in [0.5, 0.6) is 0 Å². The van der Waals surface area contributed by atoms with Gasteiger partial charge in [0.25, 0.3) is 0 Å². The number of hydrogen-bond acceptors (Lipinski definition) is 0. The van der Waals surface area contributed by atoms with E-state index >= 15 is 0 Å². The average Bonchev–Trinajstić information content (AvgIpc) is 3.51. The minimum atomic E-state index is -0.826. The van der Waals surface area contributed by atoms with Crippen molar-refractivity contribution < 1.29 is 20.8 Å². The zero-order valence-corrected chi connectivity index (χ0v) is 27.6. The predicted octanol–water partition coefficient (Wildman–Crippen LogP) is 10.1. The summed E-state index contributed by atoms with van der Waals surface area (Å²) < 4.78 is 0. The molecule has 0 fully saturated rings. The number of benzene rings is 4. The van der Waals surface area contributed by atoms with Gasteiger partial charge >= 0.3 is 37.9 Å². The van der Waals surface area contributed by atoms with Crippen LogP contribution in [-0.4, -0.2) is 9.52 Å². The molecule has 0 atom stereocenters. The Hall–Kier alpha value is -1.96. The van der Waals surface area contributed by atoms with Gasteiger partial charge in [-0.05, 0) is 26.7 Å². The molecule has 2 aliphatic carbocycles. The van der Waals surface area contributed by atoms with Gasteiger partial charge in [0, 0.05) is 9.52 Å². The Morgan fingerprint density at radius 1 is 0.632 bits per heavy atom. The molecule has 0 amide bonds. The Kier molecular flexibility index (Phi) is 13.0. The molecular formula is C34H33Cl2SiZr. The van der Waals surface area contributed by atoms with Crippen LogP contribution in [0.25, 0.3) is 34.4 Å². The predicted molar refractivity (Wildman–Crippen MR) is 167 cm³/mol. The molecule has 4 aromatic carbocycles. The topological polar surface area (TPSA) is 0 Å². The Morgan fingerprint density at radius 3 is 1.32 bits per heavy atom. The average molecular weight is 632 g/mol. The molecule has 38 heavy (non-hydrogen) atoms. The van der Waals surface area contributed by atoms with E-state index in [2.05, 4.69) is 112 Å². The van der Waals surface area contributed by atoms with Crippen molar-refractivity contribution in [3.63, 3.8) is 0 Å². The van der Waals surface area contributed by atoms with Gasteiger partial charge in [0.1, 0.15) is 0 Å². The maximum absolute atomic E-state index is 4.93. The van der Waals surface area contributed by atoms with Gasteiger partial charge in [-0.2, -0.15) is 0 Å². The van der Waals surface area contributed by atoms with Gasteiger partial charge in [-0.3, -0.25) is 0 Å². The fourth-order valence-corrected chi connectivity index (χ4v) is 4.63. The second-order valence-electron chi connectivity index (χ2n) is 9.30. The molecular weight excluding hydrogens is 599 g/mol. The van der Waals surface area contributed by atoms with Crippen LogP contribution in [0.2, 0.25) is 13.1 Å². The SMILES string of the molecule is CC1=Cc2c(-c3ccccc3)[c-]ccc2C1.CC1=Cc2c(-c3ccccc3)[c-]ccc2C1.C[SiH]C.[Cl][Zr+2][Cl]. The van der Waals surface area contributed by atoms with E-state index < -0.39 is 20.8 Å². The quantitative estimate of drug-likeness (QED) is 0.153. The number of rotatable bonds is 2. The van der Waals surface area contributed by atoms with E-state index in [1.54, 1.807) is 0 Å². The van der Waals surface area contributed by atoms with Gasteiger partial charge in [-0.1, -0.05) is 108 Å². The van der Waals surface area contributed by atoms with Crippen LogP contribution in [-0.2, 0) is 33.7 Å². The van der Waals surface area contributed by atoms with Gasteiger partial charge in [0.15, 0.2) is 0 Å². The normalized spacial score (nSPS) is 12.1. The van der Waals surface area contributed by atoms with Crippen molar-refractivity contribution in [2.24, 2.45) is 0 Å². The molecule has 4 heteroatoms. The summed E-state index contributed by atoms with van der Waals surface area (Å²) >= 11 is -0.826. The van der Waals surface area contributed by atoms with E-state index in [1.165, 1.54) is 55.7 Å². The van der Waals surface area contributed by atoms with Crippen molar-refractivity contribution in [3.05, 3.63) is 130 Å². The first-order valence-corrected chi connectivity index (χ1v) is 21.4. The molecule has 0 nitrogen and oxygen atoms in total. The van der Waals surface area contributed by atoms with Crippen LogP contribution in [0.3, 0.4) is 0 Å². The zero-order chi connectivity index (χ0) is 27.3. The molecule has 0 aromatic heterocycles. The Bertz CT molecular complexity index is 1260. The maximum atomic E-state index is 4.93. The first kappa shape index (κ1) is 30.6. The number of hydrogen-bond donors (Lipinski definition) is 0. The summed E-state index contributed by atoms with van der Waals surface area (Å²) in [5, 5.41) is 0. The molecule has 0 heterocycles. The van der Waals surface area contributed by atoms with Crippen LogP contribution in [0, 0.1) is 12.1 Å². The second kappa shape index (κ2) is 16.2. The van der Waals surface area contributed by atoms with E-state index in [9.17, 15) is 0 Å². The van der Waals surface area contributed by atoms with Crippen LogP contribution in [0.1, 0.15) is 36.1 Å². The summed E-state index contributed by atoms with van der Waals surface area (Å²) in [4.78, 5) is 0. The summed E-state index contributed by atoms with van der Waals surface area (Å²) in [6.45, 7) is 8.80. The molecule has 0 saturated carbocycles. The van der Waals surface area contributed by atoms with E-state index in [4.69, 9.17) is 17.0 Å². The van der Waals surface area contributed by atoms with Crippen LogP contribution in [0.4, 0.5) is 0 Å². The number of fused-ring (bicyclic) bond motifs is 2. The summed E-state index contributed by atoms with van der Waals surface area (Å²) in [5.74, 6) is 0. The molecule has 1 radical (unpaired) electrons. The molecule has 0 spiro atoms. The summed E-state index contributed by atoms with van der Waals surface area (Å²) in [6.07, 6.45) is 6.75. The van der Waals surface area contributed by atoms with Crippen LogP contribution in [0.15, 0.2) is 96.1 Å². The van der Waals surface area contributed by atoms with Crippen molar-refractivity contribution in [2.45, 2.75) is 39.8 Å². The number of halogens is 2. The van der Waals surface area contributed by atoms with Crippen molar-refractivity contribution >= 4 is 38.7 Å². The van der Waals surface area contributed by atoms with Gasteiger partial charge in [-0.15, -0.1) is 69.8 Å². The first-order chi connectivity index (χ1) is 18.5. The summed E-state index contributed by atoms with van der Waals surface area (Å²) in [5.41, 5.74) is 13.4. The summed E-state index contributed by atoms with van der Waals surface area (Å²) in [7, 11) is 10.6. The molecule has 0 bridgehead atoms. The summed E-state index contributed by atoms with van der Waals surface area (Å²) in [6, 6.07) is 36.1. The Balaban J connectivity index is 0.000000175. The Labute approximate surface area is 250 Å². The molecule has 191 valence electrons. The van der Waals surface area contributed by atoms with Gasteiger partial charge in [0.05, 0.1) is 0 Å². The fraction of sp³-hybridized carbons (Fsp3) is 0.176.